The van der Waals surface area contributed by atoms with E-state index in [1.165, 1.54) is 11.3 Å². The third-order valence-corrected chi connectivity index (χ3v) is 4.93. The zero-order valence-electron chi connectivity index (χ0n) is 11.5. The van der Waals surface area contributed by atoms with Gasteiger partial charge in [-0.2, -0.15) is 5.26 Å². The first kappa shape index (κ1) is 14.6. The Kier molecular flexibility index (Phi) is 4.73. The van der Waals surface area contributed by atoms with E-state index >= 15 is 0 Å². The standard InChI is InChI=1S/C15H12N4OS2/c16-8-11-3-5-12(6-4-11)10-21-15-19-18-14(22-15)17-9-13-2-1-7-20-13/h1-7H,9-10H2,(H,17,18). The molecule has 2 heterocycles. The summed E-state index contributed by atoms with van der Waals surface area (Å²) in [5.41, 5.74) is 1.83. The third-order valence-electron chi connectivity index (χ3n) is 2.85. The van der Waals surface area contributed by atoms with E-state index in [2.05, 4.69) is 21.6 Å². The van der Waals surface area contributed by atoms with Crippen LogP contribution in [0.2, 0.25) is 0 Å². The molecule has 0 fully saturated rings. The van der Waals surface area contributed by atoms with Crippen molar-refractivity contribution in [1.82, 2.24) is 10.2 Å². The van der Waals surface area contributed by atoms with Crippen LogP contribution >= 0.6 is 23.1 Å². The van der Waals surface area contributed by atoms with Crippen molar-refractivity contribution in [2.24, 2.45) is 0 Å². The molecule has 5 nitrogen and oxygen atoms in total. The van der Waals surface area contributed by atoms with Crippen LogP contribution in [-0.4, -0.2) is 10.2 Å². The lowest BCUT2D eigenvalue weighted by atomic mass is 10.2. The number of aromatic nitrogens is 2. The average Bonchev–Trinajstić information content (AvgIpc) is 3.23. The van der Waals surface area contributed by atoms with Gasteiger partial charge in [-0.1, -0.05) is 35.2 Å². The molecule has 3 aromatic rings. The third kappa shape index (κ3) is 3.87. The predicted molar refractivity (Wildman–Crippen MR) is 86.7 cm³/mol. The molecular weight excluding hydrogens is 316 g/mol. The van der Waals surface area contributed by atoms with Crippen molar-refractivity contribution in [1.29, 1.82) is 5.26 Å². The SMILES string of the molecule is N#Cc1ccc(CSc2nnc(NCc3ccco3)s2)cc1. The van der Waals surface area contributed by atoms with Crippen LogP contribution in [0.25, 0.3) is 0 Å². The van der Waals surface area contributed by atoms with Gasteiger partial charge in [0.2, 0.25) is 5.13 Å². The minimum absolute atomic E-state index is 0.599. The number of nitrogens with zero attached hydrogens (tertiary/aromatic N) is 3. The smallest absolute Gasteiger partial charge is 0.206 e. The summed E-state index contributed by atoms with van der Waals surface area (Å²) >= 11 is 3.15. The van der Waals surface area contributed by atoms with Crippen molar-refractivity contribution < 1.29 is 4.42 Å². The molecule has 1 N–H and O–H groups in total. The van der Waals surface area contributed by atoms with Gasteiger partial charge in [-0.25, -0.2) is 0 Å². The molecule has 0 saturated heterocycles. The summed E-state index contributed by atoms with van der Waals surface area (Å²) in [6, 6.07) is 13.5. The van der Waals surface area contributed by atoms with Crippen LogP contribution in [0.5, 0.6) is 0 Å². The van der Waals surface area contributed by atoms with E-state index in [-0.39, 0.29) is 0 Å². The fourth-order valence-electron chi connectivity index (χ4n) is 1.74. The van der Waals surface area contributed by atoms with Gasteiger partial charge in [-0.05, 0) is 29.8 Å². The van der Waals surface area contributed by atoms with Crippen LogP contribution < -0.4 is 5.32 Å². The molecule has 7 heteroatoms. The topological polar surface area (TPSA) is 74.7 Å². The maximum Gasteiger partial charge on any atom is 0.206 e. The highest BCUT2D eigenvalue weighted by Crippen LogP contribution is 2.28. The molecule has 1 aromatic carbocycles. The van der Waals surface area contributed by atoms with Gasteiger partial charge in [0, 0.05) is 5.75 Å². The predicted octanol–water partition coefficient (Wildman–Crippen LogP) is 3.91. The molecule has 22 heavy (non-hydrogen) atoms. The highest BCUT2D eigenvalue weighted by atomic mass is 32.2. The van der Waals surface area contributed by atoms with Crippen molar-refractivity contribution in [2.45, 2.75) is 16.6 Å². The molecular formula is C15H12N4OS2. The van der Waals surface area contributed by atoms with Crippen molar-refractivity contribution in [3.63, 3.8) is 0 Å². The Balaban J connectivity index is 1.51. The number of rotatable bonds is 6. The van der Waals surface area contributed by atoms with Crippen LogP contribution in [0.3, 0.4) is 0 Å². The molecule has 0 atom stereocenters. The van der Waals surface area contributed by atoms with Gasteiger partial charge in [0.15, 0.2) is 4.34 Å². The molecule has 0 spiro atoms. The number of thioether (sulfide) groups is 1. The van der Waals surface area contributed by atoms with Crippen molar-refractivity contribution in [2.75, 3.05) is 5.32 Å². The zero-order chi connectivity index (χ0) is 15.2. The van der Waals surface area contributed by atoms with Gasteiger partial charge < -0.3 is 9.73 Å². The molecule has 2 aromatic heterocycles. The monoisotopic (exact) mass is 328 g/mol. The molecule has 0 aliphatic carbocycles. The van der Waals surface area contributed by atoms with Crippen LogP contribution in [0.4, 0.5) is 5.13 Å². The molecule has 110 valence electrons. The molecule has 0 unspecified atom stereocenters. The molecule has 0 aliphatic rings. The van der Waals surface area contributed by atoms with Crippen molar-refractivity contribution in [3.05, 3.63) is 59.5 Å². The average molecular weight is 328 g/mol. The van der Waals surface area contributed by atoms with E-state index in [0.717, 1.165) is 26.5 Å². The highest BCUT2D eigenvalue weighted by Gasteiger charge is 2.06. The number of hydrogen-bond acceptors (Lipinski definition) is 7. The molecule has 0 saturated carbocycles. The van der Waals surface area contributed by atoms with Gasteiger partial charge in [-0.15, -0.1) is 10.2 Å². The van der Waals surface area contributed by atoms with Crippen LogP contribution in [-0.2, 0) is 12.3 Å². The van der Waals surface area contributed by atoms with E-state index in [0.29, 0.717) is 12.1 Å². The lowest BCUT2D eigenvalue weighted by molar-refractivity contribution is 0.518. The van der Waals surface area contributed by atoms with Crippen molar-refractivity contribution in [3.8, 4) is 6.07 Å². The zero-order valence-corrected chi connectivity index (χ0v) is 13.2. The lowest BCUT2D eigenvalue weighted by Crippen LogP contribution is -1.96. The van der Waals surface area contributed by atoms with Gasteiger partial charge in [0.25, 0.3) is 0 Å². The molecule has 0 aliphatic heterocycles. The summed E-state index contributed by atoms with van der Waals surface area (Å²) < 4.78 is 6.16. The van der Waals surface area contributed by atoms with Gasteiger partial charge in [-0.3, -0.25) is 0 Å². The maximum atomic E-state index is 8.77. The Hall–Kier alpha value is -2.30. The summed E-state index contributed by atoms with van der Waals surface area (Å²) in [4.78, 5) is 0. The Labute approximate surface area is 136 Å². The Morgan fingerprint density at radius 3 is 2.82 bits per heavy atom. The number of benzene rings is 1. The minimum Gasteiger partial charge on any atom is -0.467 e. The minimum atomic E-state index is 0.599. The molecule has 0 bridgehead atoms. The molecule has 0 radical (unpaired) electrons. The summed E-state index contributed by atoms with van der Waals surface area (Å²) in [6.45, 7) is 0.599. The van der Waals surface area contributed by atoms with E-state index < -0.39 is 0 Å². The Morgan fingerprint density at radius 2 is 2.09 bits per heavy atom. The summed E-state index contributed by atoms with van der Waals surface area (Å²) in [7, 11) is 0. The first-order chi connectivity index (χ1) is 10.8. The Morgan fingerprint density at radius 1 is 1.23 bits per heavy atom. The van der Waals surface area contributed by atoms with Crippen LogP contribution in [0.1, 0.15) is 16.9 Å². The fraction of sp³-hybridized carbons (Fsp3) is 0.133. The van der Waals surface area contributed by atoms with Crippen molar-refractivity contribution >= 4 is 28.2 Å². The summed E-state index contributed by atoms with van der Waals surface area (Å²) in [5, 5.41) is 21.0. The first-order valence-corrected chi connectivity index (χ1v) is 8.35. The van der Waals surface area contributed by atoms with Gasteiger partial charge >= 0.3 is 0 Å². The number of hydrogen-bond donors (Lipinski definition) is 1. The van der Waals surface area contributed by atoms with E-state index in [1.54, 1.807) is 18.0 Å². The molecule has 3 rings (SSSR count). The summed E-state index contributed by atoms with van der Waals surface area (Å²) in [5.74, 6) is 1.67. The second kappa shape index (κ2) is 7.11. The van der Waals surface area contributed by atoms with Gasteiger partial charge in [0.1, 0.15) is 5.76 Å². The Bertz CT molecular complexity index is 760. The van der Waals surface area contributed by atoms with E-state index in [1.807, 2.05) is 36.4 Å². The lowest BCUT2D eigenvalue weighted by Gasteiger charge is -1.98. The molecule has 0 amide bonds. The fourth-order valence-corrected chi connectivity index (χ4v) is 3.44. The van der Waals surface area contributed by atoms with Crippen LogP contribution in [0, 0.1) is 11.3 Å². The van der Waals surface area contributed by atoms with E-state index in [9.17, 15) is 0 Å². The number of nitriles is 1. The second-order valence-corrected chi connectivity index (χ2v) is 6.60. The van der Waals surface area contributed by atoms with Gasteiger partial charge in [0.05, 0.1) is 24.4 Å². The highest BCUT2D eigenvalue weighted by molar-refractivity contribution is 8.00. The number of nitrogens with one attached hydrogen (secondary N) is 1. The number of furan rings is 1. The second-order valence-electron chi connectivity index (χ2n) is 4.40. The normalized spacial score (nSPS) is 10.3. The number of anilines is 1. The quantitative estimate of drug-likeness (QED) is 0.692. The largest absolute Gasteiger partial charge is 0.467 e. The van der Waals surface area contributed by atoms with Crippen LogP contribution in [0.15, 0.2) is 51.4 Å². The van der Waals surface area contributed by atoms with E-state index in [4.69, 9.17) is 9.68 Å². The first-order valence-electron chi connectivity index (χ1n) is 6.55. The summed E-state index contributed by atoms with van der Waals surface area (Å²) in [6.07, 6.45) is 1.65. The maximum absolute atomic E-state index is 8.77.